The number of hydrogen-bond acceptors (Lipinski definition) is 5. The average molecular weight is 302 g/mol. The summed E-state index contributed by atoms with van der Waals surface area (Å²) in [6, 6.07) is 0.727. The fourth-order valence-electron chi connectivity index (χ4n) is 3.80. The van der Waals surface area contributed by atoms with Crippen molar-refractivity contribution in [3.63, 3.8) is 0 Å². The fraction of sp³-hybridized carbons (Fsp3) is 0.625. The molecule has 0 spiro atoms. The molecule has 0 aliphatic carbocycles. The number of thiophene rings is 1. The van der Waals surface area contributed by atoms with Gasteiger partial charge in [-0.3, -0.25) is 0 Å². The van der Waals surface area contributed by atoms with Crippen molar-refractivity contribution in [2.24, 2.45) is 5.92 Å². The monoisotopic (exact) mass is 302 g/mol. The fourth-order valence-corrected chi connectivity index (χ4v) is 4.87. The van der Waals surface area contributed by atoms with E-state index in [1.54, 1.807) is 11.3 Å². The van der Waals surface area contributed by atoms with Crippen LogP contribution in [0, 0.1) is 26.7 Å². The molecule has 5 heteroatoms. The Morgan fingerprint density at radius 3 is 2.90 bits per heavy atom. The van der Waals surface area contributed by atoms with Crippen LogP contribution in [0.15, 0.2) is 0 Å². The smallest absolute Gasteiger partial charge is 0.141 e. The van der Waals surface area contributed by atoms with Crippen LogP contribution in [0.2, 0.25) is 0 Å². The summed E-state index contributed by atoms with van der Waals surface area (Å²) in [6.07, 6.45) is 2.54. The summed E-state index contributed by atoms with van der Waals surface area (Å²) in [5.41, 5.74) is 1.36. The third kappa shape index (κ3) is 2.14. The number of anilines is 1. The standard InChI is InChI=1S/C16H22N4S/c1-9-10(2)21-16-14(9)15(18-11(3)19-16)20-7-5-13-12(8-20)4-6-17-13/h12-13,17H,4-8H2,1-3H3. The van der Waals surface area contributed by atoms with E-state index in [9.17, 15) is 0 Å². The van der Waals surface area contributed by atoms with Crippen LogP contribution < -0.4 is 10.2 Å². The molecule has 112 valence electrons. The van der Waals surface area contributed by atoms with Crippen molar-refractivity contribution in [1.82, 2.24) is 15.3 Å². The molecule has 2 aromatic rings. The first-order valence-electron chi connectivity index (χ1n) is 7.86. The summed E-state index contributed by atoms with van der Waals surface area (Å²) < 4.78 is 0. The molecule has 21 heavy (non-hydrogen) atoms. The van der Waals surface area contributed by atoms with Crippen molar-refractivity contribution in [3.05, 3.63) is 16.3 Å². The zero-order valence-electron chi connectivity index (χ0n) is 12.9. The molecule has 1 N–H and O–H groups in total. The second-order valence-electron chi connectivity index (χ2n) is 6.40. The Bertz CT molecular complexity index is 693. The SMILES string of the molecule is Cc1nc(N2CCC3NCCC3C2)c2c(C)c(C)sc2n1. The molecular weight excluding hydrogens is 280 g/mol. The summed E-state index contributed by atoms with van der Waals surface area (Å²) in [4.78, 5) is 14.5. The molecule has 0 bridgehead atoms. The second-order valence-corrected chi connectivity index (χ2v) is 7.61. The highest BCUT2D eigenvalue weighted by Crippen LogP contribution is 2.37. The first kappa shape index (κ1) is 13.5. The van der Waals surface area contributed by atoms with Crippen LogP contribution in [0.5, 0.6) is 0 Å². The lowest BCUT2D eigenvalue weighted by Gasteiger charge is -2.36. The largest absolute Gasteiger partial charge is 0.356 e. The highest BCUT2D eigenvalue weighted by molar-refractivity contribution is 7.18. The van der Waals surface area contributed by atoms with E-state index in [1.165, 1.54) is 41.0 Å². The van der Waals surface area contributed by atoms with Crippen molar-refractivity contribution in [2.75, 3.05) is 24.5 Å². The van der Waals surface area contributed by atoms with Crippen LogP contribution in [0.3, 0.4) is 0 Å². The first-order chi connectivity index (χ1) is 10.1. The summed E-state index contributed by atoms with van der Waals surface area (Å²) in [6.45, 7) is 9.83. The maximum atomic E-state index is 4.81. The lowest BCUT2D eigenvalue weighted by molar-refractivity contribution is 0.375. The molecule has 2 saturated heterocycles. The minimum Gasteiger partial charge on any atom is -0.356 e. The number of nitrogens with one attached hydrogen (secondary N) is 1. The topological polar surface area (TPSA) is 41.1 Å². The minimum absolute atomic E-state index is 0.727. The van der Waals surface area contributed by atoms with Gasteiger partial charge in [0.25, 0.3) is 0 Å². The first-order valence-corrected chi connectivity index (χ1v) is 8.68. The number of aryl methyl sites for hydroxylation is 3. The maximum absolute atomic E-state index is 4.81. The van der Waals surface area contributed by atoms with E-state index in [4.69, 9.17) is 4.98 Å². The number of aromatic nitrogens is 2. The Hall–Kier alpha value is -1.20. The number of rotatable bonds is 1. The van der Waals surface area contributed by atoms with Gasteiger partial charge in [0.15, 0.2) is 0 Å². The van der Waals surface area contributed by atoms with E-state index in [2.05, 4.69) is 29.0 Å². The number of nitrogens with zero attached hydrogens (tertiary/aromatic N) is 3. The second kappa shape index (κ2) is 4.92. The van der Waals surface area contributed by atoms with Crippen LogP contribution in [0.4, 0.5) is 5.82 Å². The van der Waals surface area contributed by atoms with Gasteiger partial charge in [-0.1, -0.05) is 0 Å². The molecule has 0 amide bonds. The molecule has 0 aromatic carbocycles. The number of piperidine rings is 1. The molecule has 0 saturated carbocycles. The van der Waals surface area contributed by atoms with Crippen LogP contribution in [-0.4, -0.2) is 35.6 Å². The molecule has 0 radical (unpaired) electrons. The van der Waals surface area contributed by atoms with E-state index in [1.807, 2.05) is 6.92 Å². The van der Waals surface area contributed by atoms with Crippen molar-refractivity contribution < 1.29 is 0 Å². The van der Waals surface area contributed by atoms with Gasteiger partial charge in [-0.25, -0.2) is 9.97 Å². The van der Waals surface area contributed by atoms with Crippen LogP contribution in [0.1, 0.15) is 29.1 Å². The zero-order valence-corrected chi connectivity index (χ0v) is 13.8. The molecule has 4 heterocycles. The predicted octanol–water partition coefficient (Wildman–Crippen LogP) is 2.80. The summed E-state index contributed by atoms with van der Waals surface area (Å²) in [5, 5.41) is 4.92. The predicted molar refractivity (Wildman–Crippen MR) is 88.4 cm³/mol. The van der Waals surface area contributed by atoms with E-state index in [-0.39, 0.29) is 0 Å². The summed E-state index contributed by atoms with van der Waals surface area (Å²) in [5.74, 6) is 2.85. The van der Waals surface area contributed by atoms with Crippen molar-refractivity contribution >= 4 is 27.4 Å². The molecule has 2 unspecified atom stereocenters. The zero-order chi connectivity index (χ0) is 14.6. The van der Waals surface area contributed by atoms with E-state index in [0.717, 1.165) is 35.7 Å². The van der Waals surface area contributed by atoms with Gasteiger partial charge in [0, 0.05) is 24.0 Å². The number of fused-ring (bicyclic) bond motifs is 2. The van der Waals surface area contributed by atoms with Crippen molar-refractivity contribution in [2.45, 2.75) is 39.7 Å². The van der Waals surface area contributed by atoms with E-state index in [0.29, 0.717) is 0 Å². The highest BCUT2D eigenvalue weighted by atomic mass is 32.1. The van der Waals surface area contributed by atoms with Crippen LogP contribution >= 0.6 is 11.3 Å². The van der Waals surface area contributed by atoms with Crippen molar-refractivity contribution in [3.8, 4) is 0 Å². The van der Waals surface area contributed by atoms with Gasteiger partial charge < -0.3 is 10.2 Å². The van der Waals surface area contributed by atoms with Gasteiger partial charge in [0.2, 0.25) is 0 Å². The molecule has 2 aliphatic rings. The van der Waals surface area contributed by atoms with Crippen molar-refractivity contribution in [1.29, 1.82) is 0 Å². The van der Waals surface area contributed by atoms with Gasteiger partial charge >= 0.3 is 0 Å². The lowest BCUT2D eigenvalue weighted by Crippen LogP contribution is -2.44. The molecule has 4 nitrogen and oxygen atoms in total. The lowest BCUT2D eigenvalue weighted by atomic mass is 9.93. The van der Waals surface area contributed by atoms with E-state index >= 15 is 0 Å². The Labute approximate surface area is 129 Å². The van der Waals surface area contributed by atoms with Gasteiger partial charge in [-0.05, 0) is 51.6 Å². The molecule has 2 aliphatic heterocycles. The summed E-state index contributed by atoms with van der Waals surface area (Å²) >= 11 is 1.80. The third-order valence-corrected chi connectivity index (χ3v) is 6.18. The Kier molecular flexibility index (Phi) is 3.15. The van der Waals surface area contributed by atoms with Gasteiger partial charge in [0.05, 0.1) is 5.39 Å². The van der Waals surface area contributed by atoms with Gasteiger partial charge in [-0.2, -0.15) is 0 Å². The molecule has 4 rings (SSSR count). The average Bonchev–Trinajstić information content (AvgIpc) is 3.03. The maximum Gasteiger partial charge on any atom is 0.141 e. The number of hydrogen-bond donors (Lipinski definition) is 1. The highest BCUT2D eigenvalue weighted by Gasteiger charge is 2.34. The normalized spacial score (nSPS) is 25.6. The Balaban J connectivity index is 1.78. The Morgan fingerprint density at radius 2 is 2.05 bits per heavy atom. The van der Waals surface area contributed by atoms with Gasteiger partial charge in [0.1, 0.15) is 16.5 Å². The third-order valence-electron chi connectivity index (χ3n) is 5.08. The summed E-state index contributed by atoms with van der Waals surface area (Å²) in [7, 11) is 0. The Morgan fingerprint density at radius 1 is 1.19 bits per heavy atom. The van der Waals surface area contributed by atoms with E-state index < -0.39 is 0 Å². The van der Waals surface area contributed by atoms with Gasteiger partial charge in [-0.15, -0.1) is 11.3 Å². The molecular formula is C16H22N4S. The molecule has 2 atom stereocenters. The molecule has 2 fully saturated rings. The van der Waals surface area contributed by atoms with Crippen LogP contribution in [0.25, 0.3) is 10.2 Å². The van der Waals surface area contributed by atoms with Crippen LogP contribution in [-0.2, 0) is 0 Å². The molecule has 2 aromatic heterocycles. The quantitative estimate of drug-likeness (QED) is 0.879. The minimum atomic E-state index is 0.727.